The summed E-state index contributed by atoms with van der Waals surface area (Å²) in [7, 11) is 0. The molecular formula is H3CaCuNaTi. The van der Waals surface area contributed by atoms with Gasteiger partial charge in [0.1, 0.15) is 0 Å². The van der Waals surface area contributed by atoms with Crippen LogP contribution in [-0.2, 0) is 38.8 Å². The second-order valence-electron chi connectivity index (χ2n) is 0. The summed E-state index contributed by atoms with van der Waals surface area (Å²) in [5.74, 6) is 0. The summed E-state index contributed by atoms with van der Waals surface area (Å²) in [6.45, 7) is 0. The van der Waals surface area contributed by atoms with Gasteiger partial charge in [-0.2, -0.15) is 0 Å². The van der Waals surface area contributed by atoms with Gasteiger partial charge in [0.2, 0.25) is 0 Å². The van der Waals surface area contributed by atoms with Crippen LogP contribution in [0.4, 0.5) is 0 Å². The largest absolute Gasteiger partial charge is 0 e. The molecule has 0 fully saturated rings. The van der Waals surface area contributed by atoms with Gasteiger partial charge in [0.25, 0.3) is 0 Å². The Morgan fingerprint density at radius 3 is 1.00 bits per heavy atom. The fourth-order valence-corrected chi connectivity index (χ4v) is 0. The van der Waals surface area contributed by atoms with Gasteiger partial charge in [0.15, 0.2) is 0 Å². The van der Waals surface area contributed by atoms with Gasteiger partial charge in [-0.3, -0.25) is 0 Å². The van der Waals surface area contributed by atoms with E-state index in [1.807, 2.05) is 0 Å². The third-order valence-electron chi connectivity index (χ3n) is 0. The molecule has 4 heavy (non-hydrogen) atoms. The van der Waals surface area contributed by atoms with Gasteiger partial charge in [-0.25, -0.2) is 0 Å². The standard InChI is InChI=1S/Ca.Cu.Na.Ti.3H. The summed E-state index contributed by atoms with van der Waals surface area (Å²) < 4.78 is 0. The minimum absolute atomic E-state index is 0. The van der Waals surface area contributed by atoms with Crippen molar-refractivity contribution in [2.45, 2.75) is 0 Å². The molecule has 4 heteroatoms. The van der Waals surface area contributed by atoms with Crippen LogP contribution in [0.25, 0.3) is 0 Å². The molecule has 0 unspecified atom stereocenters. The van der Waals surface area contributed by atoms with Gasteiger partial charge in [0, 0.05) is 38.8 Å². The molecule has 0 heterocycles. The summed E-state index contributed by atoms with van der Waals surface area (Å²) in [6, 6.07) is 0. The molecule has 0 amide bonds. The Kier molecular flexibility index (Phi) is 104. The molecule has 1 radical (unpaired) electrons. The molecule has 0 aromatic carbocycles. The van der Waals surface area contributed by atoms with E-state index in [-0.39, 0.29) is 106 Å². The van der Waals surface area contributed by atoms with E-state index in [0.29, 0.717) is 0 Å². The van der Waals surface area contributed by atoms with Crippen molar-refractivity contribution < 1.29 is 38.8 Å². The maximum absolute atomic E-state index is 0. The van der Waals surface area contributed by atoms with Crippen molar-refractivity contribution in [1.82, 2.24) is 0 Å². The first-order chi connectivity index (χ1) is 0. The van der Waals surface area contributed by atoms with Gasteiger partial charge in [-0.15, -0.1) is 0 Å². The van der Waals surface area contributed by atoms with Gasteiger partial charge < -0.3 is 0 Å². The SMILES string of the molecule is [CaH2].[Cu].[NaH].[Ti]. The van der Waals surface area contributed by atoms with Gasteiger partial charge in [-0.05, 0) is 0 Å². The second kappa shape index (κ2) is 16.1. The molecule has 0 atom stereocenters. The van der Waals surface area contributed by atoms with E-state index < -0.39 is 0 Å². The third kappa shape index (κ3) is 9.09. The Labute approximate surface area is 103 Å². The van der Waals surface area contributed by atoms with E-state index in [1.54, 1.807) is 0 Å². The molecule has 0 rings (SSSR count). The van der Waals surface area contributed by atoms with Crippen molar-refractivity contribution in [2.24, 2.45) is 0 Å². The summed E-state index contributed by atoms with van der Waals surface area (Å²) in [5, 5.41) is 0. The first kappa shape index (κ1) is 25.9. The molecule has 0 bridgehead atoms. The molecule has 0 aromatic rings. The van der Waals surface area contributed by atoms with Crippen molar-refractivity contribution >= 4 is 67.3 Å². The molecule has 0 aliphatic heterocycles. The maximum Gasteiger partial charge on any atom is 0 e. The van der Waals surface area contributed by atoms with Crippen LogP contribution >= 0.6 is 0 Å². The molecule has 0 spiro atoms. The van der Waals surface area contributed by atoms with E-state index in [0.717, 1.165) is 0 Å². The van der Waals surface area contributed by atoms with E-state index in [2.05, 4.69) is 0 Å². The molecule has 0 aliphatic rings. The number of rotatable bonds is 0. The number of hydrogen-bond donors (Lipinski definition) is 0. The van der Waals surface area contributed by atoms with Crippen LogP contribution in [0.1, 0.15) is 0 Å². The summed E-state index contributed by atoms with van der Waals surface area (Å²) in [5.41, 5.74) is 0. The average Bonchev–Trinajstić information content (AvgIpc) is 0. The topological polar surface area (TPSA) is 0 Å². The predicted molar refractivity (Wildman–Crippen MR) is 15.7 cm³/mol. The molecule has 0 saturated heterocycles. The van der Waals surface area contributed by atoms with Crippen LogP contribution in [0, 0.1) is 0 Å². The first-order valence-corrected chi connectivity index (χ1v) is 0. The van der Waals surface area contributed by atoms with Crippen molar-refractivity contribution in [2.75, 3.05) is 0 Å². The Morgan fingerprint density at radius 1 is 1.00 bits per heavy atom. The number of hydrogen-bond acceptors (Lipinski definition) is 0. The zero-order valence-electron chi connectivity index (χ0n) is 0.802. The van der Waals surface area contributed by atoms with E-state index in [1.165, 1.54) is 0 Å². The van der Waals surface area contributed by atoms with Crippen LogP contribution in [0.2, 0.25) is 0 Å². The zero-order chi connectivity index (χ0) is 0. The Hall–Kier alpha value is 3.49. The molecule has 0 aliphatic carbocycles. The second-order valence-corrected chi connectivity index (χ2v) is 0. The minimum Gasteiger partial charge on any atom is 0 e. The Balaban J connectivity index is 0. The Bertz CT molecular complexity index is 8.00. The van der Waals surface area contributed by atoms with Crippen molar-refractivity contribution in [3.8, 4) is 0 Å². The molecule has 21 valence electrons. The summed E-state index contributed by atoms with van der Waals surface area (Å²) >= 11 is 0. The van der Waals surface area contributed by atoms with Crippen LogP contribution in [0.3, 0.4) is 0 Å². The predicted octanol–water partition coefficient (Wildman–Crippen LogP) is -1.57. The third-order valence-corrected chi connectivity index (χ3v) is 0. The van der Waals surface area contributed by atoms with Crippen molar-refractivity contribution in [3.05, 3.63) is 0 Å². The van der Waals surface area contributed by atoms with Crippen molar-refractivity contribution in [1.29, 1.82) is 0 Å². The minimum atomic E-state index is 0. The van der Waals surface area contributed by atoms with Crippen LogP contribution in [0.15, 0.2) is 0 Å². The van der Waals surface area contributed by atoms with E-state index >= 15 is 0 Å². The molecule has 0 N–H and O–H groups in total. The fourth-order valence-electron chi connectivity index (χ4n) is 0. The van der Waals surface area contributed by atoms with Crippen molar-refractivity contribution in [3.63, 3.8) is 0 Å². The van der Waals surface area contributed by atoms with Gasteiger partial charge in [0.05, 0.1) is 0 Å². The summed E-state index contributed by atoms with van der Waals surface area (Å²) in [4.78, 5) is 0. The molecule has 0 saturated carbocycles. The molecule has 0 aromatic heterocycles. The molecule has 0 nitrogen and oxygen atoms in total. The van der Waals surface area contributed by atoms with Gasteiger partial charge >= 0.3 is 67.3 Å². The summed E-state index contributed by atoms with van der Waals surface area (Å²) in [6.07, 6.45) is 0. The van der Waals surface area contributed by atoms with Crippen LogP contribution < -0.4 is 0 Å². The normalized spacial score (nSPS) is 0. The fraction of sp³-hybridized carbons (Fsp3) is 0. The van der Waals surface area contributed by atoms with Crippen LogP contribution in [0.5, 0.6) is 0 Å². The average molecular weight is 178 g/mol. The maximum atomic E-state index is 0. The quantitative estimate of drug-likeness (QED) is 0.392. The van der Waals surface area contributed by atoms with E-state index in [9.17, 15) is 0 Å². The molecular weight excluding hydrogens is 174 g/mol. The monoisotopic (exact) mass is 177 g/mol. The van der Waals surface area contributed by atoms with Gasteiger partial charge in [-0.1, -0.05) is 0 Å². The first-order valence-electron chi connectivity index (χ1n) is 0. The van der Waals surface area contributed by atoms with E-state index in [4.69, 9.17) is 0 Å². The Morgan fingerprint density at radius 2 is 1.00 bits per heavy atom. The zero-order valence-corrected chi connectivity index (χ0v) is 3.30. The van der Waals surface area contributed by atoms with Crippen LogP contribution in [-0.4, -0.2) is 67.3 Å². The smallest absolute Gasteiger partial charge is 0 e.